The van der Waals surface area contributed by atoms with E-state index in [1.807, 2.05) is 0 Å². The van der Waals surface area contributed by atoms with Crippen molar-refractivity contribution >= 4 is 42.4 Å². The molecule has 0 unspecified atom stereocenters. The van der Waals surface area contributed by atoms with Gasteiger partial charge in [-0.3, -0.25) is 0 Å². The van der Waals surface area contributed by atoms with Crippen molar-refractivity contribution in [3.63, 3.8) is 0 Å². The van der Waals surface area contributed by atoms with Crippen LogP contribution in [0.3, 0.4) is 0 Å². The van der Waals surface area contributed by atoms with Gasteiger partial charge in [0.2, 0.25) is 0 Å². The minimum Gasteiger partial charge on any atom is -0.456 e. The van der Waals surface area contributed by atoms with Gasteiger partial charge in [-0.25, -0.2) is 0 Å². The van der Waals surface area contributed by atoms with Gasteiger partial charge in [0.05, 0.1) is 0 Å². The molecule has 0 spiro atoms. The predicted octanol–water partition coefficient (Wildman–Crippen LogP) is 8.98. The van der Waals surface area contributed by atoms with E-state index in [0.29, 0.717) is 0 Å². The van der Waals surface area contributed by atoms with E-state index < -0.39 is 15.8 Å². The second-order valence-electron chi connectivity index (χ2n) is 11.7. The molecule has 3 heteroatoms. The Labute approximate surface area is 265 Å². The fraction of sp³-hybridized carbons (Fsp3) is 0.122. The SMILES string of the molecule is C=C(C)/C=C1\C(=C(/C)P(c2ccccc2)c2ccccc2)Oc2c(P(c3ccccc3)c3ccccc3)cccc2C1(C)C. The van der Waals surface area contributed by atoms with Crippen LogP contribution in [0, 0.1) is 0 Å². The smallest absolute Gasteiger partial charge is 0.139 e. The number of allylic oxidation sites excluding steroid dienone is 4. The van der Waals surface area contributed by atoms with E-state index >= 15 is 0 Å². The lowest BCUT2D eigenvalue weighted by molar-refractivity contribution is 0.373. The van der Waals surface area contributed by atoms with Crippen molar-refractivity contribution < 1.29 is 4.74 Å². The number of benzene rings is 5. The number of rotatable bonds is 7. The third-order valence-corrected chi connectivity index (χ3v) is 13.1. The molecule has 0 amide bonds. The van der Waals surface area contributed by atoms with Crippen molar-refractivity contribution in [2.75, 3.05) is 0 Å². The molecular formula is C41H38OP2. The van der Waals surface area contributed by atoms with Gasteiger partial charge in [0.25, 0.3) is 0 Å². The molecule has 0 aromatic heterocycles. The summed E-state index contributed by atoms with van der Waals surface area (Å²) in [4.78, 5) is 0. The summed E-state index contributed by atoms with van der Waals surface area (Å²) >= 11 is 0. The zero-order valence-electron chi connectivity index (χ0n) is 25.9. The number of para-hydroxylation sites is 1. The molecule has 1 aliphatic heterocycles. The van der Waals surface area contributed by atoms with Crippen molar-refractivity contribution in [1.29, 1.82) is 0 Å². The Kier molecular flexibility index (Phi) is 8.81. The fourth-order valence-corrected chi connectivity index (χ4v) is 10.8. The Morgan fingerprint density at radius 3 is 1.52 bits per heavy atom. The summed E-state index contributed by atoms with van der Waals surface area (Å²) in [5, 5.41) is 7.73. The van der Waals surface area contributed by atoms with Crippen LogP contribution in [0.15, 0.2) is 174 Å². The normalized spacial score (nSPS) is 16.0. The molecule has 1 aliphatic rings. The molecule has 0 saturated carbocycles. The maximum absolute atomic E-state index is 7.32. The van der Waals surface area contributed by atoms with E-state index in [1.165, 1.54) is 43.0 Å². The highest BCUT2D eigenvalue weighted by atomic mass is 31.1. The molecule has 0 saturated heterocycles. The van der Waals surface area contributed by atoms with Gasteiger partial charge in [0, 0.05) is 27.2 Å². The van der Waals surface area contributed by atoms with Gasteiger partial charge in [-0.15, -0.1) is 0 Å². The van der Waals surface area contributed by atoms with Crippen LogP contribution < -0.4 is 31.3 Å². The largest absolute Gasteiger partial charge is 0.456 e. The van der Waals surface area contributed by atoms with Crippen LogP contribution >= 0.6 is 15.8 Å². The van der Waals surface area contributed by atoms with Crippen molar-refractivity contribution in [2.24, 2.45) is 0 Å². The fourth-order valence-electron chi connectivity index (χ4n) is 6.02. The second-order valence-corrected chi connectivity index (χ2v) is 16.3. The summed E-state index contributed by atoms with van der Waals surface area (Å²) in [7, 11) is -1.69. The van der Waals surface area contributed by atoms with Gasteiger partial charge in [-0.05, 0) is 50.9 Å². The lowest BCUT2D eigenvalue weighted by atomic mass is 9.74. The third kappa shape index (κ3) is 5.88. The Morgan fingerprint density at radius 2 is 1.07 bits per heavy atom. The molecule has 0 N–H and O–H groups in total. The summed E-state index contributed by atoms with van der Waals surface area (Å²) in [5.41, 5.74) is 3.10. The molecule has 5 aromatic rings. The van der Waals surface area contributed by atoms with Gasteiger partial charge in [0.1, 0.15) is 11.5 Å². The minimum atomic E-state index is -0.854. The summed E-state index contributed by atoms with van der Waals surface area (Å²) in [6.45, 7) is 13.3. The Balaban J connectivity index is 1.63. The van der Waals surface area contributed by atoms with Crippen molar-refractivity contribution in [3.8, 4) is 5.75 Å². The first-order valence-electron chi connectivity index (χ1n) is 15.1. The van der Waals surface area contributed by atoms with Crippen LogP contribution in [-0.4, -0.2) is 0 Å². The first-order valence-corrected chi connectivity index (χ1v) is 17.8. The Morgan fingerprint density at radius 1 is 0.614 bits per heavy atom. The number of hydrogen-bond acceptors (Lipinski definition) is 1. The van der Waals surface area contributed by atoms with Gasteiger partial charge >= 0.3 is 0 Å². The average Bonchev–Trinajstić information content (AvgIpc) is 3.05. The topological polar surface area (TPSA) is 9.23 Å². The van der Waals surface area contributed by atoms with E-state index in [9.17, 15) is 0 Å². The summed E-state index contributed by atoms with van der Waals surface area (Å²) < 4.78 is 7.32. The molecule has 1 heterocycles. The second kappa shape index (κ2) is 12.9. The number of fused-ring (bicyclic) bond motifs is 1. The van der Waals surface area contributed by atoms with Crippen molar-refractivity contribution in [3.05, 3.63) is 180 Å². The minimum absolute atomic E-state index is 0.304. The molecular weight excluding hydrogens is 570 g/mol. The third-order valence-electron chi connectivity index (χ3n) is 8.14. The predicted molar refractivity (Wildman–Crippen MR) is 193 cm³/mol. The Bertz CT molecular complexity index is 1740. The highest BCUT2D eigenvalue weighted by molar-refractivity contribution is 7.80. The van der Waals surface area contributed by atoms with Crippen LogP contribution in [0.25, 0.3) is 0 Å². The van der Waals surface area contributed by atoms with Crippen LogP contribution in [0.1, 0.15) is 33.3 Å². The standard InChI is InChI=1S/C41H38OP2/c1-30(2)29-37-39(31(3)43(32-19-10-6-11-20-32)33-21-12-7-13-22-33)42-40-36(41(37,4)5)27-18-28-38(40)44(34-23-14-8-15-24-34)35-25-16-9-17-26-35/h6-29H,1H2,2-5H3/b37-29+,39-31-. The summed E-state index contributed by atoms with van der Waals surface area (Å²) in [6.07, 6.45) is 2.23. The first kappa shape index (κ1) is 30.0. The van der Waals surface area contributed by atoms with Gasteiger partial charge in [0.15, 0.2) is 0 Å². The van der Waals surface area contributed by atoms with E-state index in [0.717, 1.165) is 17.1 Å². The summed E-state index contributed by atoms with van der Waals surface area (Å²) in [6, 6.07) is 50.3. The quantitative estimate of drug-likeness (QED) is 0.168. The van der Waals surface area contributed by atoms with Gasteiger partial charge < -0.3 is 4.74 Å². The van der Waals surface area contributed by atoms with E-state index in [2.05, 4.69) is 180 Å². The maximum Gasteiger partial charge on any atom is 0.139 e. The highest BCUT2D eigenvalue weighted by Crippen LogP contribution is 2.54. The molecule has 1 nitrogen and oxygen atoms in total. The number of ether oxygens (including phenoxy) is 1. The first-order chi connectivity index (χ1) is 21.4. The zero-order chi connectivity index (χ0) is 30.7. The molecule has 0 atom stereocenters. The zero-order valence-corrected chi connectivity index (χ0v) is 27.7. The van der Waals surface area contributed by atoms with Crippen LogP contribution in [-0.2, 0) is 5.41 Å². The average molecular weight is 609 g/mol. The number of hydrogen-bond donors (Lipinski definition) is 0. The molecule has 0 aliphatic carbocycles. The maximum atomic E-state index is 7.32. The molecule has 0 radical (unpaired) electrons. The molecule has 0 fully saturated rings. The van der Waals surface area contributed by atoms with E-state index in [4.69, 9.17) is 4.74 Å². The van der Waals surface area contributed by atoms with Crippen molar-refractivity contribution in [1.82, 2.24) is 0 Å². The van der Waals surface area contributed by atoms with Crippen LogP contribution in [0.4, 0.5) is 0 Å². The van der Waals surface area contributed by atoms with Crippen molar-refractivity contribution in [2.45, 2.75) is 33.1 Å². The van der Waals surface area contributed by atoms with Crippen LogP contribution in [0.2, 0.25) is 0 Å². The van der Waals surface area contributed by atoms with Gasteiger partial charge in [-0.1, -0.05) is 172 Å². The van der Waals surface area contributed by atoms with Crippen LogP contribution in [0.5, 0.6) is 5.75 Å². The van der Waals surface area contributed by atoms with E-state index in [-0.39, 0.29) is 5.41 Å². The monoisotopic (exact) mass is 608 g/mol. The summed E-state index contributed by atoms with van der Waals surface area (Å²) in [5.74, 6) is 1.95. The molecule has 218 valence electrons. The molecule has 44 heavy (non-hydrogen) atoms. The highest BCUT2D eigenvalue weighted by Gasteiger charge is 2.40. The molecule has 6 rings (SSSR count). The lowest BCUT2D eigenvalue weighted by Gasteiger charge is -2.40. The van der Waals surface area contributed by atoms with Gasteiger partial charge in [-0.2, -0.15) is 0 Å². The molecule has 5 aromatic carbocycles. The van der Waals surface area contributed by atoms with E-state index in [1.54, 1.807) is 0 Å². The lowest BCUT2D eigenvalue weighted by Crippen LogP contribution is -2.34. The molecule has 0 bridgehead atoms. The Hall–Kier alpha value is -4.02.